The van der Waals surface area contributed by atoms with Crippen molar-refractivity contribution < 1.29 is 4.79 Å². The summed E-state index contributed by atoms with van der Waals surface area (Å²) < 4.78 is 4.06. The van der Waals surface area contributed by atoms with Crippen molar-refractivity contribution in [1.29, 1.82) is 0 Å². The summed E-state index contributed by atoms with van der Waals surface area (Å²) in [5.74, 6) is -0.516. The summed E-state index contributed by atoms with van der Waals surface area (Å²) in [5, 5.41) is 6.89. The van der Waals surface area contributed by atoms with Gasteiger partial charge >= 0.3 is 0 Å². The van der Waals surface area contributed by atoms with E-state index in [4.69, 9.17) is 11.5 Å². The van der Waals surface area contributed by atoms with Gasteiger partial charge in [-0.05, 0) is 47.5 Å². The number of primary amides is 1. The van der Waals surface area contributed by atoms with E-state index in [-0.39, 0.29) is 16.9 Å². The Morgan fingerprint density at radius 2 is 1.94 bits per heavy atom. The number of fused-ring (bicyclic) bond motifs is 2. The molecule has 0 saturated carbocycles. The molecule has 0 bridgehead atoms. The standard InChI is InChI=1S/C15H13NOS.C7H7N5O/c1-2-12-10-11-8-9-18-14(11)15(17)16(12)13-6-4-3-5-7-13;8-5-4(6(9)13)7-10-2-1-3-12(7)11-5/h3-10H,2H2,1H3;1-3H,(H2,8,11)(H2,9,13). The van der Waals surface area contributed by atoms with Crippen molar-refractivity contribution in [3.63, 3.8) is 0 Å². The molecule has 0 spiro atoms. The summed E-state index contributed by atoms with van der Waals surface area (Å²) in [5.41, 5.74) is 13.2. The van der Waals surface area contributed by atoms with Gasteiger partial charge in [0.25, 0.3) is 11.5 Å². The highest BCUT2D eigenvalue weighted by Crippen LogP contribution is 2.20. The summed E-state index contributed by atoms with van der Waals surface area (Å²) in [6.07, 6.45) is 4.03. The fraction of sp³-hybridized carbons (Fsp3) is 0.0909. The number of rotatable bonds is 3. The summed E-state index contributed by atoms with van der Waals surface area (Å²) in [7, 11) is 0. The van der Waals surface area contributed by atoms with E-state index in [1.165, 1.54) is 15.9 Å². The molecule has 0 atom stereocenters. The number of carbonyl (C=O) groups is 1. The quantitative estimate of drug-likeness (QED) is 0.454. The van der Waals surface area contributed by atoms with Crippen LogP contribution in [0, 0.1) is 0 Å². The maximum atomic E-state index is 12.5. The molecule has 5 aromatic rings. The van der Waals surface area contributed by atoms with Crippen LogP contribution >= 0.6 is 11.3 Å². The predicted octanol–water partition coefficient (Wildman–Crippen LogP) is 3.02. The lowest BCUT2D eigenvalue weighted by Crippen LogP contribution is -2.20. The average molecular weight is 433 g/mol. The van der Waals surface area contributed by atoms with E-state index >= 15 is 0 Å². The Kier molecular flexibility index (Phi) is 5.50. The number of aromatic nitrogens is 4. The van der Waals surface area contributed by atoms with Crippen LogP contribution in [0.4, 0.5) is 5.82 Å². The van der Waals surface area contributed by atoms with Gasteiger partial charge in [0.15, 0.2) is 11.5 Å². The van der Waals surface area contributed by atoms with E-state index in [2.05, 4.69) is 23.1 Å². The summed E-state index contributed by atoms with van der Waals surface area (Å²) >= 11 is 1.51. The number of nitrogen functional groups attached to an aromatic ring is 1. The zero-order valence-electron chi connectivity index (χ0n) is 16.7. The van der Waals surface area contributed by atoms with Crippen LogP contribution in [0.2, 0.25) is 0 Å². The van der Waals surface area contributed by atoms with Gasteiger partial charge in [-0.1, -0.05) is 25.1 Å². The van der Waals surface area contributed by atoms with Crippen LogP contribution in [0.5, 0.6) is 0 Å². The van der Waals surface area contributed by atoms with E-state index in [1.807, 2.05) is 46.3 Å². The third-order valence-corrected chi connectivity index (χ3v) is 5.67. The molecule has 31 heavy (non-hydrogen) atoms. The summed E-state index contributed by atoms with van der Waals surface area (Å²) in [4.78, 5) is 27.4. The zero-order chi connectivity index (χ0) is 22.0. The van der Waals surface area contributed by atoms with E-state index in [9.17, 15) is 9.59 Å². The average Bonchev–Trinajstić information content (AvgIpc) is 3.38. The van der Waals surface area contributed by atoms with Gasteiger partial charge in [-0.3, -0.25) is 14.2 Å². The first kappa shape index (κ1) is 20.3. The van der Waals surface area contributed by atoms with Crippen molar-refractivity contribution in [1.82, 2.24) is 19.2 Å². The van der Waals surface area contributed by atoms with Crippen molar-refractivity contribution >= 4 is 38.8 Å². The van der Waals surface area contributed by atoms with Gasteiger partial charge in [0.2, 0.25) is 0 Å². The van der Waals surface area contributed by atoms with Crippen molar-refractivity contribution in [2.24, 2.45) is 5.73 Å². The number of nitrogens with zero attached hydrogens (tertiary/aromatic N) is 4. The van der Waals surface area contributed by atoms with Crippen molar-refractivity contribution in [3.05, 3.63) is 87.9 Å². The van der Waals surface area contributed by atoms with Crippen molar-refractivity contribution in [2.75, 3.05) is 5.73 Å². The van der Waals surface area contributed by atoms with Gasteiger partial charge in [0.05, 0.1) is 0 Å². The lowest BCUT2D eigenvalue weighted by molar-refractivity contribution is 0.100. The number of pyridine rings is 1. The molecule has 0 fully saturated rings. The Balaban J connectivity index is 0.000000158. The topological polar surface area (TPSA) is 121 Å². The third kappa shape index (κ3) is 3.78. The second kappa shape index (κ2) is 8.41. The number of para-hydroxylation sites is 1. The number of benzene rings is 1. The first-order valence-electron chi connectivity index (χ1n) is 9.57. The van der Waals surface area contributed by atoms with Gasteiger partial charge in [-0.15, -0.1) is 16.4 Å². The minimum atomic E-state index is -0.619. The van der Waals surface area contributed by atoms with E-state index in [0.29, 0.717) is 5.65 Å². The molecule has 1 aromatic carbocycles. The van der Waals surface area contributed by atoms with E-state index < -0.39 is 5.91 Å². The van der Waals surface area contributed by atoms with Crippen LogP contribution in [-0.4, -0.2) is 25.1 Å². The molecule has 0 aliphatic rings. The first-order valence-corrected chi connectivity index (χ1v) is 10.5. The number of anilines is 1. The Labute approximate surface area is 181 Å². The molecule has 4 heterocycles. The molecule has 156 valence electrons. The van der Waals surface area contributed by atoms with Crippen LogP contribution < -0.4 is 17.0 Å². The van der Waals surface area contributed by atoms with Crippen molar-refractivity contribution in [2.45, 2.75) is 13.3 Å². The maximum absolute atomic E-state index is 12.5. The Bertz CT molecular complexity index is 1440. The third-order valence-electron chi connectivity index (χ3n) is 4.75. The van der Waals surface area contributed by atoms with Gasteiger partial charge in [-0.25, -0.2) is 9.50 Å². The zero-order valence-corrected chi connectivity index (χ0v) is 17.5. The van der Waals surface area contributed by atoms with Gasteiger partial charge < -0.3 is 11.5 Å². The number of hydrogen-bond donors (Lipinski definition) is 2. The minimum absolute atomic E-state index is 0.0885. The normalized spacial score (nSPS) is 10.7. The Hall–Kier alpha value is -3.98. The summed E-state index contributed by atoms with van der Waals surface area (Å²) in [6, 6.07) is 15.6. The second-order valence-electron chi connectivity index (χ2n) is 6.68. The molecule has 0 aliphatic heterocycles. The van der Waals surface area contributed by atoms with Crippen LogP contribution in [0.3, 0.4) is 0 Å². The fourth-order valence-electron chi connectivity index (χ4n) is 3.34. The molecule has 4 aromatic heterocycles. The minimum Gasteiger partial charge on any atom is -0.381 e. The molecule has 9 heteroatoms. The molecule has 1 amide bonds. The molecule has 0 radical (unpaired) electrons. The molecule has 4 N–H and O–H groups in total. The number of hydrogen-bond acceptors (Lipinski definition) is 6. The van der Waals surface area contributed by atoms with E-state index in [0.717, 1.165) is 27.9 Å². The number of carbonyl (C=O) groups excluding carboxylic acids is 1. The predicted molar refractivity (Wildman–Crippen MR) is 123 cm³/mol. The molecule has 0 saturated heterocycles. The molecular formula is C22H20N6O2S. The Morgan fingerprint density at radius 1 is 1.16 bits per heavy atom. The number of nitrogens with two attached hydrogens (primary N) is 2. The Morgan fingerprint density at radius 3 is 2.65 bits per heavy atom. The fourth-order valence-corrected chi connectivity index (χ4v) is 4.15. The van der Waals surface area contributed by atoms with Crippen molar-refractivity contribution in [3.8, 4) is 5.69 Å². The highest BCUT2D eigenvalue weighted by Gasteiger charge is 2.15. The molecule has 0 unspecified atom stereocenters. The van der Waals surface area contributed by atoms with Gasteiger partial charge in [0, 0.05) is 23.8 Å². The second-order valence-corrected chi connectivity index (χ2v) is 7.60. The largest absolute Gasteiger partial charge is 0.381 e. The molecule has 8 nitrogen and oxygen atoms in total. The number of amides is 1. The van der Waals surface area contributed by atoms with Crippen LogP contribution in [0.25, 0.3) is 21.4 Å². The molecular weight excluding hydrogens is 412 g/mol. The molecule has 5 rings (SSSR count). The van der Waals surface area contributed by atoms with Crippen LogP contribution in [0.1, 0.15) is 23.0 Å². The highest BCUT2D eigenvalue weighted by atomic mass is 32.1. The van der Waals surface area contributed by atoms with Crippen LogP contribution in [-0.2, 0) is 6.42 Å². The van der Waals surface area contributed by atoms with Gasteiger partial charge in [0.1, 0.15) is 10.3 Å². The maximum Gasteiger partial charge on any atom is 0.273 e. The lowest BCUT2D eigenvalue weighted by Gasteiger charge is -2.11. The first-order chi connectivity index (χ1) is 15.0. The summed E-state index contributed by atoms with van der Waals surface area (Å²) in [6.45, 7) is 2.08. The SMILES string of the molecule is CCc1cc2ccsc2c(=O)n1-c1ccccc1.NC(=O)c1c(N)nn2cccnc12. The highest BCUT2D eigenvalue weighted by molar-refractivity contribution is 7.17. The lowest BCUT2D eigenvalue weighted by atomic mass is 10.2. The monoisotopic (exact) mass is 432 g/mol. The number of aryl methyl sites for hydroxylation is 1. The smallest absolute Gasteiger partial charge is 0.273 e. The van der Waals surface area contributed by atoms with Crippen LogP contribution in [0.15, 0.2) is 71.1 Å². The number of thiophene rings is 1. The van der Waals surface area contributed by atoms with Gasteiger partial charge in [-0.2, -0.15) is 0 Å². The molecule has 0 aliphatic carbocycles. The van der Waals surface area contributed by atoms with E-state index in [1.54, 1.807) is 18.5 Å².